The van der Waals surface area contributed by atoms with Crippen LogP contribution in [0.1, 0.15) is 51.6 Å². The van der Waals surface area contributed by atoms with Crippen molar-refractivity contribution in [2.45, 2.75) is 58.5 Å². The largest absolute Gasteiger partial charge is 0.368 e. The van der Waals surface area contributed by atoms with E-state index in [1.54, 1.807) is 25.1 Å². The Labute approximate surface area is 151 Å². The summed E-state index contributed by atoms with van der Waals surface area (Å²) in [4.78, 5) is 51.0. The maximum Gasteiger partial charge on any atom is 0.331 e. The van der Waals surface area contributed by atoms with E-state index in [0.29, 0.717) is 25.0 Å². The number of anilines is 1. The second kappa shape index (κ2) is 7.72. The summed E-state index contributed by atoms with van der Waals surface area (Å²) < 4.78 is 2.21. The standard InChI is InChI=1S/C18H26N4O4/c1-5-7-13(23)12(3)21-9-6-8-11(2)15-16(21)17(25)22(10-14(19)24)18(26)20(15)4/h6,9,11-12H,5,7-8,10H2,1-4H3,(H2,19,24). The van der Waals surface area contributed by atoms with Gasteiger partial charge in [-0.05, 0) is 19.8 Å². The summed E-state index contributed by atoms with van der Waals surface area (Å²) in [7, 11) is 1.57. The van der Waals surface area contributed by atoms with Gasteiger partial charge in [0.2, 0.25) is 5.91 Å². The second-order valence-electron chi connectivity index (χ2n) is 6.75. The first-order valence-electron chi connectivity index (χ1n) is 8.80. The van der Waals surface area contributed by atoms with Crippen LogP contribution in [0, 0.1) is 0 Å². The highest BCUT2D eigenvalue weighted by atomic mass is 16.2. The highest BCUT2D eigenvalue weighted by Gasteiger charge is 2.30. The number of ketones is 1. The second-order valence-corrected chi connectivity index (χ2v) is 6.75. The average Bonchev–Trinajstić information content (AvgIpc) is 2.75. The molecule has 2 unspecified atom stereocenters. The van der Waals surface area contributed by atoms with E-state index in [9.17, 15) is 19.2 Å². The number of Topliss-reactive ketones (excluding diaryl/α,β-unsaturated/α-hetero) is 1. The molecule has 26 heavy (non-hydrogen) atoms. The van der Waals surface area contributed by atoms with Crippen molar-refractivity contribution >= 4 is 17.4 Å². The van der Waals surface area contributed by atoms with Crippen molar-refractivity contribution in [2.75, 3.05) is 4.90 Å². The number of rotatable bonds is 6. The van der Waals surface area contributed by atoms with Crippen LogP contribution in [0.15, 0.2) is 21.9 Å². The Morgan fingerprint density at radius 1 is 1.35 bits per heavy atom. The first-order chi connectivity index (χ1) is 12.2. The van der Waals surface area contributed by atoms with Crippen molar-refractivity contribution in [1.29, 1.82) is 0 Å². The molecule has 2 atom stereocenters. The number of primary amides is 1. The van der Waals surface area contributed by atoms with E-state index in [1.165, 1.54) is 4.57 Å². The Kier molecular flexibility index (Phi) is 5.84. The van der Waals surface area contributed by atoms with Crippen molar-refractivity contribution < 1.29 is 9.59 Å². The summed E-state index contributed by atoms with van der Waals surface area (Å²) in [6, 6.07) is -0.553. The number of aromatic nitrogens is 2. The van der Waals surface area contributed by atoms with Crippen molar-refractivity contribution in [3.8, 4) is 0 Å². The SMILES string of the molecule is CCCC(=O)C(C)N1C=CCC(C)c2c1c(=O)n(CC(N)=O)c(=O)n2C. The van der Waals surface area contributed by atoms with Crippen LogP contribution in [0.2, 0.25) is 0 Å². The summed E-state index contributed by atoms with van der Waals surface area (Å²) in [6.45, 7) is 5.08. The maximum atomic E-state index is 13.1. The molecule has 0 radical (unpaired) electrons. The number of fused-ring (bicyclic) bond motifs is 1. The zero-order chi connectivity index (χ0) is 19.6. The zero-order valence-electron chi connectivity index (χ0n) is 15.7. The molecule has 1 aliphatic heterocycles. The third kappa shape index (κ3) is 3.49. The highest BCUT2D eigenvalue weighted by molar-refractivity contribution is 5.87. The summed E-state index contributed by atoms with van der Waals surface area (Å²) in [5.74, 6) is -0.858. The van der Waals surface area contributed by atoms with Gasteiger partial charge in [-0.25, -0.2) is 9.36 Å². The molecule has 2 N–H and O–H groups in total. The van der Waals surface area contributed by atoms with Gasteiger partial charge in [-0.1, -0.05) is 19.9 Å². The molecule has 0 fully saturated rings. The summed E-state index contributed by atoms with van der Waals surface area (Å²) in [5.41, 5.74) is 4.82. The van der Waals surface area contributed by atoms with Crippen molar-refractivity contribution in [2.24, 2.45) is 12.8 Å². The van der Waals surface area contributed by atoms with Crippen LogP contribution in [0.4, 0.5) is 5.69 Å². The number of allylic oxidation sites excluding steroid dienone is 1. The van der Waals surface area contributed by atoms with Gasteiger partial charge in [0.15, 0.2) is 5.78 Å². The number of amides is 1. The van der Waals surface area contributed by atoms with Crippen LogP contribution in [0.25, 0.3) is 0 Å². The topological polar surface area (TPSA) is 107 Å². The van der Waals surface area contributed by atoms with Gasteiger partial charge in [0.25, 0.3) is 5.56 Å². The maximum absolute atomic E-state index is 13.1. The van der Waals surface area contributed by atoms with Gasteiger partial charge in [0.05, 0.1) is 11.7 Å². The van der Waals surface area contributed by atoms with Crippen LogP contribution < -0.4 is 21.9 Å². The number of hydrogen-bond donors (Lipinski definition) is 1. The van der Waals surface area contributed by atoms with E-state index >= 15 is 0 Å². The molecule has 2 rings (SSSR count). The fraction of sp³-hybridized carbons (Fsp3) is 0.556. The third-order valence-electron chi connectivity index (χ3n) is 4.74. The molecule has 1 amide bonds. The number of nitrogens with zero attached hydrogens (tertiary/aromatic N) is 3. The molecule has 0 bridgehead atoms. The monoisotopic (exact) mass is 362 g/mol. The minimum Gasteiger partial charge on any atom is -0.368 e. The molecule has 2 heterocycles. The lowest BCUT2D eigenvalue weighted by Gasteiger charge is -2.29. The average molecular weight is 362 g/mol. The predicted octanol–water partition coefficient (Wildman–Crippen LogP) is 0.617. The summed E-state index contributed by atoms with van der Waals surface area (Å²) in [6.07, 6.45) is 5.36. The minimum atomic E-state index is -0.775. The fourth-order valence-electron chi connectivity index (χ4n) is 3.37. The van der Waals surface area contributed by atoms with Crippen LogP contribution in [0.3, 0.4) is 0 Å². The lowest BCUT2D eigenvalue weighted by molar-refractivity contribution is -0.120. The van der Waals surface area contributed by atoms with E-state index in [4.69, 9.17) is 5.73 Å². The molecule has 0 saturated heterocycles. The lowest BCUT2D eigenvalue weighted by atomic mass is 10.0. The molecule has 8 heteroatoms. The smallest absolute Gasteiger partial charge is 0.331 e. The van der Waals surface area contributed by atoms with Crippen molar-refractivity contribution in [3.63, 3.8) is 0 Å². The quantitative estimate of drug-likeness (QED) is 0.798. The normalized spacial score (nSPS) is 17.5. The van der Waals surface area contributed by atoms with Crippen LogP contribution >= 0.6 is 0 Å². The van der Waals surface area contributed by atoms with Crippen molar-refractivity contribution in [1.82, 2.24) is 9.13 Å². The van der Waals surface area contributed by atoms with Gasteiger partial charge < -0.3 is 10.6 Å². The number of carbonyl (C=O) groups excluding carboxylic acids is 2. The molecule has 0 aliphatic carbocycles. The molecule has 8 nitrogen and oxygen atoms in total. The number of carbonyl (C=O) groups is 2. The fourth-order valence-corrected chi connectivity index (χ4v) is 3.37. The zero-order valence-corrected chi connectivity index (χ0v) is 15.7. The van der Waals surface area contributed by atoms with Gasteiger partial charge in [0, 0.05) is 25.6 Å². The molecule has 0 aromatic carbocycles. The Hall–Kier alpha value is -2.64. The van der Waals surface area contributed by atoms with Crippen LogP contribution in [-0.2, 0) is 23.2 Å². The molecule has 142 valence electrons. The predicted molar refractivity (Wildman–Crippen MR) is 99.2 cm³/mol. The van der Waals surface area contributed by atoms with E-state index in [1.807, 2.05) is 19.9 Å². The van der Waals surface area contributed by atoms with Crippen LogP contribution in [-0.4, -0.2) is 26.9 Å². The van der Waals surface area contributed by atoms with Crippen LogP contribution in [0.5, 0.6) is 0 Å². The Balaban J connectivity index is 2.76. The van der Waals surface area contributed by atoms with Gasteiger partial charge >= 0.3 is 5.69 Å². The minimum absolute atomic E-state index is 0.00681. The molecular formula is C18H26N4O4. The van der Waals surface area contributed by atoms with Gasteiger partial charge in [-0.3, -0.25) is 19.0 Å². The Morgan fingerprint density at radius 3 is 2.58 bits per heavy atom. The van der Waals surface area contributed by atoms with E-state index in [-0.39, 0.29) is 17.4 Å². The molecule has 0 spiro atoms. The molecule has 1 aromatic heterocycles. The number of nitrogens with two attached hydrogens (primary N) is 1. The Bertz CT molecular complexity index is 865. The first-order valence-corrected chi connectivity index (χ1v) is 8.80. The molecule has 0 saturated carbocycles. The summed E-state index contributed by atoms with van der Waals surface area (Å²) in [5, 5.41) is 0. The Morgan fingerprint density at radius 2 is 2.00 bits per heavy atom. The van der Waals surface area contributed by atoms with E-state index in [2.05, 4.69) is 0 Å². The van der Waals surface area contributed by atoms with E-state index < -0.39 is 29.7 Å². The van der Waals surface area contributed by atoms with E-state index in [0.717, 1.165) is 4.57 Å². The van der Waals surface area contributed by atoms with Gasteiger partial charge in [-0.2, -0.15) is 0 Å². The first kappa shape index (κ1) is 19.7. The molecule has 1 aliphatic rings. The van der Waals surface area contributed by atoms with Gasteiger partial charge in [-0.15, -0.1) is 0 Å². The van der Waals surface area contributed by atoms with Gasteiger partial charge in [0.1, 0.15) is 12.2 Å². The molecule has 1 aromatic rings. The summed E-state index contributed by atoms with van der Waals surface area (Å²) >= 11 is 0. The molecular weight excluding hydrogens is 336 g/mol. The van der Waals surface area contributed by atoms with Crippen molar-refractivity contribution in [3.05, 3.63) is 38.8 Å². The lowest BCUT2D eigenvalue weighted by Crippen LogP contribution is -2.48. The highest BCUT2D eigenvalue weighted by Crippen LogP contribution is 2.31. The third-order valence-corrected chi connectivity index (χ3v) is 4.74. The number of hydrogen-bond acceptors (Lipinski definition) is 5.